The second-order valence-corrected chi connectivity index (χ2v) is 5.99. The summed E-state index contributed by atoms with van der Waals surface area (Å²) < 4.78 is 31.3. The second-order valence-electron chi connectivity index (χ2n) is 5.99. The molecule has 0 aromatic heterocycles. The molecule has 0 aliphatic rings. The lowest BCUT2D eigenvalue weighted by atomic mass is 10.0. The largest absolute Gasteiger partial charge is 0.452 e. The topological polar surface area (TPSA) is 72.5 Å². The maximum absolute atomic E-state index is 13.6. The van der Waals surface area contributed by atoms with E-state index in [1.54, 1.807) is 48.5 Å². The number of ketones is 1. The number of benzene rings is 3. The zero-order valence-corrected chi connectivity index (χ0v) is 15.0. The first-order chi connectivity index (χ1) is 14.0. The van der Waals surface area contributed by atoms with Gasteiger partial charge in [0.1, 0.15) is 11.6 Å². The van der Waals surface area contributed by atoms with Crippen molar-refractivity contribution in [2.75, 3.05) is 11.9 Å². The lowest BCUT2D eigenvalue weighted by Crippen LogP contribution is -2.22. The van der Waals surface area contributed by atoms with E-state index in [4.69, 9.17) is 4.74 Å². The highest BCUT2D eigenvalue weighted by Gasteiger charge is 2.18. The Hall–Kier alpha value is -3.87. The molecule has 146 valence electrons. The van der Waals surface area contributed by atoms with Gasteiger partial charge >= 0.3 is 5.97 Å². The first kappa shape index (κ1) is 19.9. The van der Waals surface area contributed by atoms with Crippen LogP contribution in [0.15, 0.2) is 72.8 Å². The number of amides is 1. The van der Waals surface area contributed by atoms with Crippen LogP contribution in [0.1, 0.15) is 26.3 Å². The van der Waals surface area contributed by atoms with E-state index in [2.05, 4.69) is 5.32 Å². The summed E-state index contributed by atoms with van der Waals surface area (Å²) in [6, 6.07) is 17.3. The summed E-state index contributed by atoms with van der Waals surface area (Å²) in [6.07, 6.45) is 0. The molecule has 0 bridgehead atoms. The normalized spacial score (nSPS) is 10.3. The van der Waals surface area contributed by atoms with E-state index in [9.17, 15) is 23.2 Å². The number of para-hydroxylation sites is 1. The molecule has 0 spiro atoms. The van der Waals surface area contributed by atoms with Crippen LogP contribution in [0.3, 0.4) is 0 Å². The minimum absolute atomic E-state index is 0.246. The van der Waals surface area contributed by atoms with Crippen molar-refractivity contribution in [1.29, 1.82) is 0 Å². The predicted octanol–water partition coefficient (Wildman–Crippen LogP) is 3.99. The van der Waals surface area contributed by atoms with Gasteiger partial charge in [0.25, 0.3) is 5.91 Å². The number of ether oxygens (including phenoxy) is 1. The summed E-state index contributed by atoms with van der Waals surface area (Å²) in [5.41, 5.74) is 0.476. The molecule has 0 heterocycles. The van der Waals surface area contributed by atoms with Crippen LogP contribution in [0.4, 0.5) is 14.5 Å². The lowest BCUT2D eigenvalue weighted by molar-refractivity contribution is -0.119. The molecular weight excluding hydrogens is 380 g/mol. The fourth-order valence-corrected chi connectivity index (χ4v) is 2.59. The third-order valence-corrected chi connectivity index (χ3v) is 3.97. The molecular formula is C22H15F2NO4. The summed E-state index contributed by atoms with van der Waals surface area (Å²) in [5.74, 6) is -4.03. The number of rotatable bonds is 6. The van der Waals surface area contributed by atoms with E-state index in [1.165, 1.54) is 6.07 Å². The molecule has 0 radical (unpaired) electrons. The highest BCUT2D eigenvalue weighted by molar-refractivity contribution is 6.13. The summed E-state index contributed by atoms with van der Waals surface area (Å²) in [4.78, 5) is 36.7. The summed E-state index contributed by atoms with van der Waals surface area (Å²) >= 11 is 0. The quantitative estimate of drug-likeness (QED) is 0.506. The van der Waals surface area contributed by atoms with Gasteiger partial charge in [-0.2, -0.15) is 0 Å². The van der Waals surface area contributed by atoms with Crippen molar-refractivity contribution in [2.24, 2.45) is 0 Å². The monoisotopic (exact) mass is 395 g/mol. The molecule has 0 saturated heterocycles. The number of carbonyl (C=O) groups excluding carboxylic acids is 3. The molecule has 0 aliphatic heterocycles. The van der Waals surface area contributed by atoms with Gasteiger partial charge in [0.2, 0.25) is 0 Å². The third-order valence-electron chi connectivity index (χ3n) is 3.97. The first-order valence-electron chi connectivity index (χ1n) is 8.56. The van der Waals surface area contributed by atoms with Gasteiger partial charge in [-0.25, -0.2) is 13.6 Å². The van der Waals surface area contributed by atoms with Crippen LogP contribution in [0, 0.1) is 11.6 Å². The first-order valence-corrected chi connectivity index (χ1v) is 8.56. The van der Waals surface area contributed by atoms with Gasteiger partial charge in [0.05, 0.1) is 11.3 Å². The Balaban J connectivity index is 1.67. The number of hydrogen-bond donors (Lipinski definition) is 1. The second kappa shape index (κ2) is 8.88. The van der Waals surface area contributed by atoms with E-state index in [0.717, 1.165) is 12.1 Å². The van der Waals surface area contributed by atoms with Gasteiger partial charge in [-0.15, -0.1) is 0 Å². The molecule has 0 fully saturated rings. The van der Waals surface area contributed by atoms with Crippen LogP contribution < -0.4 is 5.32 Å². The molecule has 0 atom stereocenters. The summed E-state index contributed by atoms with van der Waals surface area (Å²) in [5, 5.41) is 2.50. The molecule has 1 N–H and O–H groups in total. The van der Waals surface area contributed by atoms with E-state index in [1.807, 2.05) is 0 Å². The standard InChI is InChI=1S/C22H15F2NO4/c23-15-10-11-16(18(24)12-15)22(28)29-13-20(26)25-19-9-5-4-8-17(19)21(27)14-6-2-1-3-7-14/h1-12H,13H2,(H,25,26). The fourth-order valence-electron chi connectivity index (χ4n) is 2.59. The van der Waals surface area contributed by atoms with Crippen molar-refractivity contribution in [3.63, 3.8) is 0 Å². The molecule has 0 aliphatic carbocycles. The third kappa shape index (κ3) is 4.90. The summed E-state index contributed by atoms with van der Waals surface area (Å²) in [6.45, 7) is -0.705. The van der Waals surface area contributed by atoms with Crippen molar-refractivity contribution in [1.82, 2.24) is 0 Å². The fraction of sp³-hybridized carbons (Fsp3) is 0.0455. The number of carbonyl (C=O) groups is 3. The number of anilines is 1. The Labute approximate surface area is 164 Å². The number of halogens is 2. The van der Waals surface area contributed by atoms with Gasteiger partial charge in [-0.1, -0.05) is 42.5 Å². The zero-order chi connectivity index (χ0) is 20.8. The molecule has 0 unspecified atom stereocenters. The van der Waals surface area contributed by atoms with Crippen LogP contribution in [-0.4, -0.2) is 24.3 Å². The van der Waals surface area contributed by atoms with E-state index >= 15 is 0 Å². The number of nitrogens with one attached hydrogen (secondary N) is 1. The van der Waals surface area contributed by atoms with Crippen molar-refractivity contribution in [3.05, 3.63) is 101 Å². The lowest BCUT2D eigenvalue weighted by Gasteiger charge is -2.11. The van der Waals surface area contributed by atoms with Crippen LogP contribution in [0.25, 0.3) is 0 Å². The molecule has 3 aromatic carbocycles. The smallest absolute Gasteiger partial charge is 0.341 e. The van der Waals surface area contributed by atoms with E-state index in [-0.39, 0.29) is 17.0 Å². The van der Waals surface area contributed by atoms with E-state index < -0.39 is 35.7 Å². The summed E-state index contributed by atoms with van der Waals surface area (Å²) in [7, 11) is 0. The maximum Gasteiger partial charge on any atom is 0.341 e. The molecule has 29 heavy (non-hydrogen) atoms. The van der Waals surface area contributed by atoms with Crippen molar-refractivity contribution in [3.8, 4) is 0 Å². The van der Waals surface area contributed by atoms with E-state index in [0.29, 0.717) is 11.6 Å². The zero-order valence-electron chi connectivity index (χ0n) is 15.0. The Bertz CT molecular complexity index is 1070. The van der Waals surface area contributed by atoms with Crippen molar-refractivity contribution in [2.45, 2.75) is 0 Å². The Morgan fingerprint density at radius 2 is 1.52 bits per heavy atom. The molecule has 3 aromatic rings. The molecule has 5 nitrogen and oxygen atoms in total. The predicted molar refractivity (Wildman–Crippen MR) is 102 cm³/mol. The Morgan fingerprint density at radius 3 is 2.24 bits per heavy atom. The highest BCUT2D eigenvalue weighted by Crippen LogP contribution is 2.19. The Morgan fingerprint density at radius 1 is 0.828 bits per heavy atom. The minimum atomic E-state index is -1.11. The average Bonchev–Trinajstić information content (AvgIpc) is 2.72. The van der Waals surface area contributed by atoms with Crippen molar-refractivity contribution >= 4 is 23.3 Å². The number of hydrogen-bond acceptors (Lipinski definition) is 4. The highest BCUT2D eigenvalue weighted by atomic mass is 19.1. The average molecular weight is 395 g/mol. The maximum atomic E-state index is 13.6. The SMILES string of the molecule is O=C(COC(=O)c1ccc(F)cc1F)Nc1ccccc1C(=O)c1ccccc1. The van der Waals surface area contributed by atoms with Gasteiger partial charge in [0.15, 0.2) is 12.4 Å². The minimum Gasteiger partial charge on any atom is -0.452 e. The molecule has 3 rings (SSSR count). The van der Waals surface area contributed by atoms with Crippen LogP contribution in [0.5, 0.6) is 0 Å². The molecule has 1 amide bonds. The van der Waals surface area contributed by atoms with Gasteiger partial charge in [-0.05, 0) is 24.3 Å². The molecule has 7 heteroatoms. The van der Waals surface area contributed by atoms with Crippen molar-refractivity contribution < 1.29 is 27.9 Å². The number of esters is 1. The van der Waals surface area contributed by atoms with Crippen LogP contribution in [-0.2, 0) is 9.53 Å². The van der Waals surface area contributed by atoms with Crippen LogP contribution >= 0.6 is 0 Å². The van der Waals surface area contributed by atoms with Gasteiger partial charge in [0, 0.05) is 17.2 Å². The Kier molecular flexibility index (Phi) is 6.09. The van der Waals surface area contributed by atoms with Crippen LogP contribution in [0.2, 0.25) is 0 Å². The van der Waals surface area contributed by atoms with Gasteiger partial charge in [-0.3, -0.25) is 9.59 Å². The van der Waals surface area contributed by atoms with Gasteiger partial charge < -0.3 is 10.1 Å². The molecule has 0 saturated carbocycles.